The van der Waals surface area contributed by atoms with Crippen molar-refractivity contribution in [3.63, 3.8) is 0 Å². The van der Waals surface area contributed by atoms with E-state index in [1.165, 1.54) is 24.8 Å². The molecule has 0 aromatic heterocycles. The highest BCUT2D eigenvalue weighted by atomic mass is 16.3. The van der Waals surface area contributed by atoms with Crippen LogP contribution in [0.2, 0.25) is 0 Å². The summed E-state index contributed by atoms with van der Waals surface area (Å²) < 4.78 is 0. The van der Waals surface area contributed by atoms with Gasteiger partial charge in [-0.1, -0.05) is 49.6 Å². The molecule has 1 aliphatic carbocycles. The number of benzene rings is 1. The zero-order valence-electron chi connectivity index (χ0n) is 11.9. The molecule has 0 radical (unpaired) electrons. The van der Waals surface area contributed by atoms with Gasteiger partial charge in [0.1, 0.15) is 0 Å². The van der Waals surface area contributed by atoms with E-state index < -0.39 is 0 Å². The highest BCUT2D eigenvalue weighted by Gasteiger charge is 2.39. The molecule has 1 atom stereocenters. The standard InChI is InChI=1S/C18H24O/c1-2-3-6-13-17(19)18(14-9-5-10-15-18)16-11-7-4-8-12-16/h4,7-8,11-12,17,19H,5-6,9-10,13-15H2,1H3. The summed E-state index contributed by atoms with van der Waals surface area (Å²) in [6.45, 7) is 1.86. The van der Waals surface area contributed by atoms with Crippen LogP contribution in [0.1, 0.15) is 57.4 Å². The van der Waals surface area contributed by atoms with Crippen LogP contribution in [0.25, 0.3) is 0 Å². The Labute approximate surface area is 117 Å². The number of aliphatic hydroxyl groups excluding tert-OH is 1. The van der Waals surface area contributed by atoms with Crippen molar-refractivity contribution in [2.75, 3.05) is 0 Å². The van der Waals surface area contributed by atoms with Crippen LogP contribution in [0.3, 0.4) is 0 Å². The van der Waals surface area contributed by atoms with Crippen LogP contribution in [0.4, 0.5) is 0 Å². The average Bonchev–Trinajstić information content (AvgIpc) is 2.49. The zero-order chi connectivity index (χ0) is 13.6. The van der Waals surface area contributed by atoms with E-state index in [4.69, 9.17) is 0 Å². The van der Waals surface area contributed by atoms with Crippen LogP contribution in [-0.2, 0) is 5.41 Å². The third kappa shape index (κ3) is 3.19. The Hall–Kier alpha value is -1.26. The molecule has 2 rings (SSSR count). The molecule has 1 N–H and O–H groups in total. The molecule has 102 valence electrons. The molecule has 0 aliphatic heterocycles. The molecule has 1 nitrogen and oxygen atoms in total. The molecule has 0 saturated heterocycles. The van der Waals surface area contributed by atoms with Crippen molar-refractivity contribution >= 4 is 0 Å². The second-order valence-corrected chi connectivity index (χ2v) is 5.56. The number of aliphatic hydroxyl groups is 1. The fourth-order valence-electron chi connectivity index (χ4n) is 3.38. The first kappa shape index (κ1) is 14.2. The van der Waals surface area contributed by atoms with E-state index in [1.807, 2.05) is 6.92 Å². The predicted octanol–water partition coefficient (Wildman–Crippen LogP) is 4.05. The Kier molecular flexibility index (Phi) is 5.05. The quantitative estimate of drug-likeness (QED) is 0.806. The van der Waals surface area contributed by atoms with Crippen LogP contribution in [0.15, 0.2) is 30.3 Å². The van der Waals surface area contributed by atoms with Gasteiger partial charge in [-0.05, 0) is 31.7 Å². The topological polar surface area (TPSA) is 20.2 Å². The molecule has 1 aromatic carbocycles. The van der Waals surface area contributed by atoms with E-state index in [0.29, 0.717) is 0 Å². The summed E-state index contributed by atoms with van der Waals surface area (Å²) in [7, 11) is 0. The van der Waals surface area contributed by atoms with Gasteiger partial charge in [-0.3, -0.25) is 0 Å². The molecule has 1 aromatic rings. The van der Waals surface area contributed by atoms with Crippen LogP contribution < -0.4 is 0 Å². The Morgan fingerprint density at radius 2 is 1.84 bits per heavy atom. The highest BCUT2D eigenvalue weighted by molar-refractivity contribution is 5.28. The van der Waals surface area contributed by atoms with Crippen molar-refractivity contribution in [2.45, 2.75) is 63.4 Å². The summed E-state index contributed by atoms with van der Waals surface area (Å²) in [6, 6.07) is 10.6. The van der Waals surface area contributed by atoms with Gasteiger partial charge in [-0.2, -0.15) is 0 Å². The normalized spacial score (nSPS) is 19.3. The first-order valence-electron chi connectivity index (χ1n) is 7.43. The summed E-state index contributed by atoms with van der Waals surface area (Å²) in [5, 5.41) is 10.7. The molecule has 1 fully saturated rings. The summed E-state index contributed by atoms with van der Waals surface area (Å²) >= 11 is 0. The zero-order valence-corrected chi connectivity index (χ0v) is 11.9. The lowest BCUT2D eigenvalue weighted by Gasteiger charge is -2.41. The van der Waals surface area contributed by atoms with Gasteiger partial charge in [-0.15, -0.1) is 11.8 Å². The first-order valence-corrected chi connectivity index (χ1v) is 7.43. The second-order valence-electron chi connectivity index (χ2n) is 5.56. The molecule has 0 amide bonds. The Balaban J connectivity index is 2.21. The number of hydrogen-bond donors (Lipinski definition) is 1. The molecule has 0 heterocycles. The SMILES string of the molecule is CC#CCCC(O)C1(c2ccccc2)CCCCC1. The van der Waals surface area contributed by atoms with E-state index in [9.17, 15) is 5.11 Å². The molecular formula is C18H24O. The minimum atomic E-state index is -0.268. The van der Waals surface area contributed by atoms with Gasteiger partial charge in [0, 0.05) is 11.8 Å². The molecule has 1 unspecified atom stereocenters. The van der Waals surface area contributed by atoms with E-state index in [0.717, 1.165) is 25.7 Å². The highest BCUT2D eigenvalue weighted by Crippen LogP contribution is 2.43. The maximum absolute atomic E-state index is 10.7. The Morgan fingerprint density at radius 3 is 2.47 bits per heavy atom. The lowest BCUT2D eigenvalue weighted by molar-refractivity contribution is 0.0481. The van der Waals surface area contributed by atoms with Crippen molar-refractivity contribution in [1.82, 2.24) is 0 Å². The van der Waals surface area contributed by atoms with E-state index in [2.05, 4.69) is 42.2 Å². The van der Waals surface area contributed by atoms with Crippen molar-refractivity contribution in [1.29, 1.82) is 0 Å². The maximum Gasteiger partial charge on any atom is 0.0645 e. The molecule has 19 heavy (non-hydrogen) atoms. The predicted molar refractivity (Wildman–Crippen MR) is 79.9 cm³/mol. The van der Waals surface area contributed by atoms with Gasteiger partial charge >= 0.3 is 0 Å². The van der Waals surface area contributed by atoms with Crippen LogP contribution in [0, 0.1) is 11.8 Å². The lowest BCUT2D eigenvalue weighted by atomic mass is 9.65. The van der Waals surface area contributed by atoms with Crippen molar-refractivity contribution in [3.05, 3.63) is 35.9 Å². The molecule has 1 saturated carbocycles. The van der Waals surface area contributed by atoms with Gasteiger partial charge in [-0.25, -0.2) is 0 Å². The Bertz CT molecular complexity index is 432. The maximum atomic E-state index is 10.7. The first-order chi connectivity index (χ1) is 9.29. The van der Waals surface area contributed by atoms with Gasteiger partial charge < -0.3 is 5.11 Å². The van der Waals surface area contributed by atoms with Crippen LogP contribution in [0.5, 0.6) is 0 Å². The number of rotatable bonds is 4. The largest absolute Gasteiger partial charge is 0.392 e. The molecule has 0 bridgehead atoms. The summed E-state index contributed by atoms with van der Waals surface area (Å²) in [5.74, 6) is 5.99. The fraction of sp³-hybridized carbons (Fsp3) is 0.556. The van der Waals surface area contributed by atoms with Crippen LogP contribution in [-0.4, -0.2) is 11.2 Å². The van der Waals surface area contributed by atoms with E-state index in [1.54, 1.807) is 0 Å². The summed E-state index contributed by atoms with van der Waals surface area (Å²) in [4.78, 5) is 0. The van der Waals surface area contributed by atoms with Gasteiger partial charge in [0.25, 0.3) is 0 Å². The van der Waals surface area contributed by atoms with Gasteiger partial charge in [0.05, 0.1) is 6.10 Å². The minimum Gasteiger partial charge on any atom is -0.392 e. The smallest absolute Gasteiger partial charge is 0.0645 e. The summed E-state index contributed by atoms with van der Waals surface area (Å²) in [6.07, 6.45) is 7.29. The third-order valence-electron chi connectivity index (χ3n) is 4.45. The van der Waals surface area contributed by atoms with E-state index in [-0.39, 0.29) is 11.5 Å². The third-order valence-corrected chi connectivity index (χ3v) is 4.45. The second kappa shape index (κ2) is 6.78. The van der Waals surface area contributed by atoms with E-state index >= 15 is 0 Å². The van der Waals surface area contributed by atoms with Crippen molar-refractivity contribution in [2.24, 2.45) is 0 Å². The average molecular weight is 256 g/mol. The molecular weight excluding hydrogens is 232 g/mol. The minimum absolute atomic E-state index is 0.0328. The molecule has 1 heteroatoms. The van der Waals surface area contributed by atoms with Crippen molar-refractivity contribution < 1.29 is 5.11 Å². The number of hydrogen-bond acceptors (Lipinski definition) is 1. The summed E-state index contributed by atoms with van der Waals surface area (Å²) in [5.41, 5.74) is 1.28. The van der Waals surface area contributed by atoms with Gasteiger partial charge in [0.2, 0.25) is 0 Å². The fourth-order valence-corrected chi connectivity index (χ4v) is 3.38. The van der Waals surface area contributed by atoms with Crippen LogP contribution >= 0.6 is 0 Å². The van der Waals surface area contributed by atoms with Gasteiger partial charge in [0.15, 0.2) is 0 Å². The molecule has 0 spiro atoms. The Morgan fingerprint density at radius 1 is 1.16 bits per heavy atom. The lowest BCUT2D eigenvalue weighted by Crippen LogP contribution is -2.41. The monoisotopic (exact) mass is 256 g/mol. The molecule has 1 aliphatic rings. The van der Waals surface area contributed by atoms with Crippen molar-refractivity contribution in [3.8, 4) is 11.8 Å².